The normalized spacial score (nSPS) is 17.7. The summed E-state index contributed by atoms with van der Waals surface area (Å²) < 4.78 is 0. The van der Waals surface area contributed by atoms with Crippen LogP contribution in [0.5, 0.6) is 0 Å². The third kappa shape index (κ3) is 10.8. The molecule has 2 atom stereocenters. The van der Waals surface area contributed by atoms with E-state index in [1.165, 1.54) is 12.8 Å². The van der Waals surface area contributed by atoms with Gasteiger partial charge in [-0.05, 0) is 31.4 Å². The van der Waals surface area contributed by atoms with Crippen molar-refractivity contribution in [2.75, 3.05) is 0 Å². The highest BCUT2D eigenvalue weighted by Gasteiger charge is 2.20. The maximum absolute atomic E-state index is 12.0. The number of hydrogen-bond donors (Lipinski definition) is 2. The van der Waals surface area contributed by atoms with Gasteiger partial charge in [-0.3, -0.25) is 19.9 Å². The summed E-state index contributed by atoms with van der Waals surface area (Å²) in [5.41, 5.74) is 2.75. The van der Waals surface area contributed by atoms with Crippen LogP contribution in [0.1, 0.15) is 77.6 Å². The van der Waals surface area contributed by atoms with Crippen molar-refractivity contribution in [3.63, 3.8) is 0 Å². The number of carbonyl (C=O) groups excluding carboxylic acids is 1. The first-order valence-corrected chi connectivity index (χ1v) is 9.64. The Balaban J connectivity index is 2.32. The second-order valence-corrected chi connectivity index (χ2v) is 6.71. The number of allylic oxidation sites excluding steroid dienone is 1. The molecule has 0 radical (unpaired) electrons. The number of aliphatic carboxylic acids is 1. The molecule has 0 saturated carbocycles. The number of hydroxylamine groups is 1. The monoisotopic (exact) mass is 351 g/mol. The van der Waals surface area contributed by atoms with Crippen LogP contribution >= 0.6 is 0 Å². The minimum Gasteiger partial charge on any atom is -0.481 e. The van der Waals surface area contributed by atoms with Gasteiger partial charge in [0.2, 0.25) is 0 Å². The van der Waals surface area contributed by atoms with E-state index >= 15 is 0 Å². The van der Waals surface area contributed by atoms with E-state index in [9.17, 15) is 9.59 Å². The highest BCUT2D eigenvalue weighted by atomic mass is 16.7. The van der Waals surface area contributed by atoms with Crippen molar-refractivity contribution in [1.82, 2.24) is 5.48 Å². The number of carbonyl (C=O) groups is 2. The fourth-order valence-corrected chi connectivity index (χ4v) is 2.94. The van der Waals surface area contributed by atoms with E-state index in [0.717, 1.165) is 44.9 Å². The van der Waals surface area contributed by atoms with Gasteiger partial charge in [-0.25, -0.2) is 0 Å². The summed E-state index contributed by atoms with van der Waals surface area (Å²) in [5.74, 6) is -0.364. The molecule has 1 unspecified atom stereocenters. The third-order valence-corrected chi connectivity index (χ3v) is 4.46. The molecule has 0 spiro atoms. The van der Waals surface area contributed by atoms with Crippen LogP contribution < -0.4 is 5.48 Å². The molecule has 0 aromatic rings. The zero-order chi connectivity index (χ0) is 18.3. The van der Waals surface area contributed by atoms with E-state index < -0.39 is 5.97 Å². The van der Waals surface area contributed by atoms with Crippen LogP contribution in [0, 0.1) is 5.92 Å². The van der Waals surface area contributed by atoms with E-state index in [0.29, 0.717) is 6.42 Å². The minimum atomic E-state index is -0.728. The maximum atomic E-state index is 12.0. The highest BCUT2D eigenvalue weighted by Crippen LogP contribution is 2.21. The number of ketones is 1. The Morgan fingerprint density at radius 1 is 1.12 bits per heavy atom. The van der Waals surface area contributed by atoms with Gasteiger partial charge in [-0.2, -0.15) is 0 Å². The average Bonchev–Trinajstić information content (AvgIpc) is 3.11. The lowest BCUT2D eigenvalue weighted by Crippen LogP contribution is -2.20. The Kier molecular flexibility index (Phi) is 11.7. The van der Waals surface area contributed by atoms with Crippen molar-refractivity contribution in [3.05, 3.63) is 24.4 Å². The van der Waals surface area contributed by atoms with Crippen LogP contribution in [0.3, 0.4) is 0 Å². The topological polar surface area (TPSA) is 75.6 Å². The number of carboxylic acid groups (broad SMARTS) is 1. The zero-order valence-electron chi connectivity index (χ0n) is 15.4. The Bertz CT molecular complexity index is 445. The van der Waals surface area contributed by atoms with Crippen molar-refractivity contribution in [2.45, 2.75) is 83.7 Å². The predicted octanol–water partition coefficient (Wildman–Crippen LogP) is 4.54. The lowest BCUT2D eigenvalue weighted by molar-refractivity contribution is -0.137. The molecule has 0 bridgehead atoms. The van der Waals surface area contributed by atoms with Crippen LogP contribution in [0.25, 0.3) is 0 Å². The van der Waals surface area contributed by atoms with Gasteiger partial charge in [0.05, 0.1) is 0 Å². The van der Waals surface area contributed by atoms with Crippen LogP contribution in [0.2, 0.25) is 0 Å². The second kappa shape index (κ2) is 13.6. The van der Waals surface area contributed by atoms with Gasteiger partial charge in [0.15, 0.2) is 5.78 Å². The molecule has 5 heteroatoms. The first kappa shape index (κ1) is 21.4. The molecule has 142 valence electrons. The van der Waals surface area contributed by atoms with Gasteiger partial charge in [0, 0.05) is 25.0 Å². The van der Waals surface area contributed by atoms with E-state index in [1.807, 2.05) is 12.2 Å². The molecule has 0 aromatic carbocycles. The number of nitrogens with one attached hydrogen (secondary N) is 1. The lowest BCUT2D eigenvalue weighted by atomic mass is 9.94. The first-order chi connectivity index (χ1) is 12.1. The molecule has 0 amide bonds. The van der Waals surface area contributed by atoms with Gasteiger partial charge in [0.1, 0.15) is 6.10 Å². The van der Waals surface area contributed by atoms with E-state index in [4.69, 9.17) is 9.94 Å². The van der Waals surface area contributed by atoms with Gasteiger partial charge in [-0.15, -0.1) is 0 Å². The van der Waals surface area contributed by atoms with Gasteiger partial charge in [-0.1, -0.05) is 51.5 Å². The quantitative estimate of drug-likeness (QED) is 0.335. The molecule has 1 aliphatic heterocycles. The standard InChI is InChI=1S/C20H33NO4/c1-2-3-4-8-11-18(22)14-13-17(19-15-16-21-25-19)10-7-5-6-9-12-20(23)24/h13-17,19,21H,2-12H2,1H3,(H,23,24)/t17-,19?/m1/s1. The largest absolute Gasteiger partial charge is 0.481 e. The molecule has 1 heterocycles. The Morgan fingerprint density at radius 2 is 1.84 bits per heavy atom. The molecule has 0 saturated heterocycles. The summed E-state index contributed by atoms with van der Waals surface area (Å²) in [7, 11) is 0. The lowest BCUT2D eigenvalue weighted by Gasteiger charge is -2.17. The second-order valence-electron chi connectivity index (χ2n) is 6.71. The molecule has 0 aromatic heterocycles. The van der Waals surface area contributed by atoms with E-state index in [2.05, 4.69) is 12.4 Å². The summed E-state index contributed by atoms with van der Waals surface area (Å²) in [4.78, 5) is 28.0. The molecule has 0 aliphatic carbocycles. The first-order valence-electron chi connectivity index (χ1n) is 9.64. The summed E-state index contributed by atoms with van der Waals surface area (Å²) in [6.07, 6.45) is 17.4. The van der Waals surface area contributed by atoms with Crippen molar-refractivity contribution in [2.24, 2.45) is 5.92 Å². The van der Waals surface area contributed by atoms with Crippen molar-refractivity contribution >= 4 is 11.8 Å². The average molecular weight is 351 g/mol. The molecule has 5 nitrogen and oxygen atoms in total. The van der Waals surface area contributed by atoms with E-state index in [-0.39, 0.29) is 24.2 Å². The highest BCUT2D eigenvalue weighted by molar-refractivity contribution is 5.89. The van der Waals surface area contributed by atoms with Gasteiger partial charge < -0.3 is 5.11 Å². The van der Waals surface area contributed by atoms with Gasteiger partial charge >= 0.3 is 5.97 Å². The summed E-state index contributed by atoms with van der Waals surface area (Å²) in [5, 5.41) is 8.64. The maximum Gasteiger partial charge on any atom is 0.303 e. The molecule has 25 heavy (non-hydrogen) atoms. The van der Waals surface area contributed by atoms with Crippen LogP contribution in [-0.2, 0) is 14.4 Å². The summed E-state index contributed by atoms with van der Waals surface area (Å²) in [6.45, 7) is 2.16. The number of carboxylic acids is 1. The molecular weight excluding hydrogens is 318 g/mol. The number of rotatable bonds is 15. The van der Waals surface area contributed by atoms with Crippen molar-refractivity contribution in [1.29, 1.82) is 0 Å². The predicted molar refractivity (Wildman–Crippen MR) is 98.9 cm³/mol. The SMILES string of the molecule is CCCCCCC(=O)C=C[C@@H](CCCCCCC(=O)O)C1C=CNO1. The molecule has 0 fully saturated rings. The molecular formula is C20H33NO4. The van der Waals surface area contributed by atoms with Crippen molar-refractivity contribution < 1.29 is 19.5 Å². The van der Waals surface area contributed by atoms with Crippen LogP contribution in [0.4, 0.5) is 0 Å². The molecule has 1 rings (SSSR count). The number of hydrogen-bond acceptors (Lipinski definition) is 4. The Labute approximate surface area is 151 Å². The zero-order valence-corrected chi connectivity index (χ0v) is 15.4. The fraction of sp³-hybridized carbons (Fsp3) is 0.700. The fourth-order valence-electron chi connectivity index (χ4n) is 2.94. The summed E-state index contributed by atoms with van der Waals surface area (Å²) in [6, 6.07) is 0. The molecule has 2 N–H and O–H groups in total. The van der Waals surface area contributed by atoms with Gasteiger partial charge in [0.25, 0.3) is 0 Å². The summed E-state index contributed by atoms with van der Waals surface area (Å²) >= 11 is 0. The van der Waals surface area contributed by atoms with Crippen molar-refractivity contribution in [3.8, 4) is 0 Å². The number of unbranched alkanes of at least 4 members (excludes halogenated alkanes) is 6. The third-order valence-electron chi connectivity index (χ3n) is 4.46. The minimum absolute atomic E-state index is 0.0387. The molecule has 1 aliphatic rings. The smallest absolute Gasteiger partial charge is 0.303 e. The van der Waals surface area contributed by atoms with Crippen LogP contribution in [-0.4, -0.2) is 23.0 Å². The van der Waals surface area contributed by atoms with Crippen LogP contribution in [0.15, 0.2) is 24.4 Å². The Morgan fingerprint density at radius 3 is 2.52 bits per heavy atom. The van der Waals surface area contributed by atoms with E-state index in [1.54, 1.807) is 12.3 Å². The Hall–Kier alpha value is -1.62.